The van der Waals surface area contributed by atoms with Crippen molar-refractivity contribution in [3.8, 4) is 0 Å². The Morgan fingerprint density at radius 3 is 2.32 bits per heavy atom. The Labute approximate surface area is 133 Å². The van der Waals surface area contributed by atoms with Gasteiger partial charge in [0.05, 0.1) is 0 Å². The maximum absolute atomic E-state index is 6.00. The van der Waals surface area contributed by atoms with E-state index in [0.29, 0.717) is 6.79 Å². The van der Waals surface area contributed by atoms with E-state index in [1.807, 2.05) is 0 Å². The highest BCUT2D eigenvalue weighted by atomic mass is 35.5. The largest absolute Gasteiger partial charge is 0.504 e. The molecule has 0 aromatic heterocycles. The van der Waals surface area contributed by atoms with Gasteiger partial charge in [-0.3, -0.25) is 0 Å². The van der Waals surface area contributed by atoms with Gasteiger partial charge in [-0.1, -0.05) is 34.1 Å². The molecule has 3 atom stereocenters. The Morgan fingerprint density at radius 1 is 1.00 bits per heavy atom. The van der Waals surface area contributed by atoms with Crippen molar-refractivity contribution in [1.82, 2.24) is 0 Å². The molecule has 0 spiro atoms. The summed E-state index contributed by atoms with van der Waals surface area (Å²) in [6.45, 7) is 11.2. The van der Waals surface area contributed by atoms with E-state index in [1.54, 1.807) is 0 Å². The summed E-state index contributed by atoms with van der Waals surface area (Å²) in [5.74, 6) is 1.60. The van der Waals surface area contributed by atoms with Crippen LogP contribution in [0.25, 0.3) is 0 Å². The molecule has 0 saturated carbocycles. The SMILES string of the molecule is CCCOCOCCCC(C)CC(C)C[CH](C)[Mg][Cl]. The molecule has 4 heteroatoms. The molecule has 0 aromatic carbocycles. The van der Waals surface area contributed by atoms with E-state index in [-0.39, 0.29) is 19.3 Å². The van der Waals surface area contributed by atoms with Gasteiger partial charge in [-0.2, -0.15) is 0 Å². The van der Waals surface area contributed by atoms with E-state index in [1.165, 1.54) is 19.3 Å². The second-order valence-corrected chi connectivity index (χ2v) is 8.65. The van der Waals surface area contributed by atoms with Crippen LogP contribution < -0.4 is 0 Å². The van der Waals surface area contributed by atoms with Gasteiger partial charge in [0.15, 0.2) is 0 Å². The highest BCUT2D eigenvalue weighted by molar-refractivity contribution is 6.94. The zero-order valence-corrected chi connectivity index (χ0v) is 15.5. The smallest absolute Gasteiger partial charge is 0.355 e. The Bertz CT molecular complexity index is 193. The van der Waals surface area contributed by atoms with E-state index in [0.717, 1.165) is 41.9 Å². The van der Waals surface area contributed by atoms with E-state index in [2.05, 4.69) is 27.7 Å². The first kappa shape index (κ1) is 20.0. The summed E-state index contributed by atoms with van der Waals surface area (Å²) >= 11 is -0.330. The second-order valence-electron chi connectivity index (χ2n) is 6.02. The average molecular weight is 303 g/mol. The Hall–Kier alpha value is 0.976. The molecule has 0 heterocycles. The van der Waals surface area contributed by atoms with Gasteiger partial charge in [-0.25, -0.2) is 0 Å². The monoisotopic (exact) mass is 302 g/mol. The van der Waals surface area contributed by atoms with Gasteiger partial charge >= 0.3 is 19.3 Å². The number of rotatable bonds is 13. The molecule has 0 aliphatic carbocycles. The Kier molecular flexibility index (Phi) is 14.7. The Morgan fingerprint density at radius 2 is 1.68 bits per heavy atom. The minimum absolute atomic E-state index is 0.330. The second kappa shape index (κ2) is 13.9. The van der Waals surface area contributed by atoms with Crippen molar-refractivity contribution >= 4 is 28.3 Å². The molecule has 0 fully saturated rings. The van der Waals surface area contributed by atoms with Crippen LogP contribution in [0.5, 0.6) is 0 Å². The number of hydrogen-bond donors (Lipinski definition) is 0. The summed E-state index contributed by atoms with van der Waals surface area (Å²) in [6, 6.07) is 0. The van der Waals surface area contributed by atoms with Gasteiger partial charge in [0.2, 0.25) is 0 Å². The fourth-order valence-corrected chi connectivity index (χ4v) is 3.58. The molecule has 0 N–H and O–H groups in total. The average Bonchev–Trinajstić information content (AvgIpc) is 2.37. The van der Waals surface area contributed by atoms with Crippen molar-refractivity contribution in [3.63, 3.8) is 0 Å². The molecule has 0 bridgehead atoms. The molecule has 0 rings (SSSR count). The predicted molar refractivity (Wildman–Crippen MR) is 84.9 cm³/mol. The van der Waals surface area contributed by atoms with E-state index < -0.39 is 0 Å². The lowest BCUT2D eigenvalue weighted by atomic mass is 9.91. The fraction of sp³-hybridized carbons (Fsp3) is 1.00. The minimum Gasteiger partial charge on any atom is -0.355 e. The summed E-state index contributed by atoms with van der Waals surface area (Å²) in [7, 11) is 6.00. The van der Waals surface area contributed by atoms with Crippen molar-refractivity contribution in [2.24, 2.45) is 11.8 Å². The first-order valence-electron chi connectivity index (χ1n) is 7.81. The standard InChI is InChI=1S/C15H31O2.ClH.Mg/c1-5-8-14(3)12-15(4)9-7-11-17-13-16-10-6-2;;/h5,14-15H,6-13H2,1-4H3;1H;/q;;+1/p-1. The number of halogens is 1. The van der Waals surface area contributed by atoms with Crippen LogP contribution >= 0.6 is 9.07 Å². The number of hydrogen-bond acceptors (Lipinski definition) is 2. The first-order chi connectivity index (χ1) is 9.10. The van der Waals surface area contributed by atoms with Crippen LogP contribution in [0.15, 0.2) is 0 Å². The summed E-state index contributed by atoms with van der Waals surface area (Å²) in [5.41, 5.74) is 0. The van der Waals surface area contributed by atoms with Crippen LogP contribution in [0.4, 0.5) is 0 Å². The summed E-state index contributed by atoms with van der Waals surface area (Å²) < 4.78 is 11.5. The third kappa shape index (κ3) is 13.7. The van der Waals surface area contributed by atoms with E-state index in [9.17, 15) is 0 Å². The van der Waals surface area contributed by atoms with Crippen molar-refractivity contribution < 1.29 is 9.47 Å². The molecule has 0 amide bonds. The molecule has 2 nitrogen and oxygen atoms in total. The third-order valence-electron chi connectivity index (χ3n) is 3.37. The molecule has 0 saturated heterocycles. The van der Waals surface area contributed by atoms with Crippen molar-refractivity contribution in [2.45, 2.75) is 63.8 Å². The zero-order valence-electron chi connectivity index (χ0n) is 13.3. The van der Waals surface area contributed by atoms with Crippen LogP contribution in [0, 0.1) is 11.8 Å². The van der Waals surface area contributed by atoms with Gasteiger partial charge in [0, 0.05) is 13.2 Å². The molecular formula is C15H31ClMgO2. The molecule has 112 valence electrons. The number of ether oxygens (including phenoxy) is 2. The zero-order chi connectivity index (χ0) is 14.5. The van der Waals surface area contributed by atoms with E-state index in [4.69, 9.17) is 18.5 Å². The molecular weight excluding hydrogens is 272 g/mol. The first-order valence-corrected chi connectivity index (χ1v) is 10.8. The van der Waals surface area contributed by atoms with Crippen LogP contribution in [-0.2, 0) is 9.47 Å². The summed E-state index contributed by atoms with van der Waals surface area (Å²) in [4.78, 5) is 0. The highest BCUT2D eigenvalue weighted by Crippen LogP contribution is 2.24. The molecule has 0 aliphatic rings. The molecule has 3 unspecified atom stereocenters. The summed E-state index contributed by atoms with van der Waals surface area (Å²) in [6.07, 6.45) is 6.08. The van der Waals surface area contributed by atoms with Gasteiger partial charge in [-0.05, 0) is 37.5 Å². The van der Waals surface area contributed by atoms with Crippen LogP contribution in [0.2, 0.25) is 4.05 Å². The normalized spacial score (nSPS) is 15.8. The maximum atomic E-state index is 6.00. The molecule has 0 radical (unpaired) electrons. The lowest BCUT2D eigenvalue weighted by Gasteiger charge is -2.19. The van der Waals surface area contributed by atoms with Gasteiger partial charge in [0.25, 0.3) is 0 Å². The lowest BCUT2D eigenvalue weighted by Crippen LogP contribution is -2.08. The highest BCUT2D eigenvalue weighted by Gasteiger charge is 2.13. The molecule has 19 heavy (non-hydrogen) atoms. The quantitative estimate of drug-likeness (QED) is 0.274. The maximum Gasteiger partial charge on any atom is 0.504 e. The Balaban J connectivity index is 3.40. The molecule has 0 aromatic rings. The van der Waals surface area contributed by atoms with E-state index >= 15 is 0 Å². The third-order valence-corrected chi connectivity index (χ3v) is 5.81. The predicted octanol–water partition coefficient (Wildman–Crippen LogP) is 4.89. The van der Waals surface area contributed by atoms with Gasteiger partial charge < -0.3 is 18.5 Å². The minimum atomic E-state index is -0.330. The summed E-state index contributed by atoms with van der Waals surface area (Å²) in [5, 5.41) is 0. The van der Waals surface area contributed by atoms with Gasteiger partial charge in [-0.15, -0.1) is 4.05 Å². The fourth-order valence-electron chi connectivity index (χ4n) is 2.51. The molecule has 0 aliphatic heterocycles. The van der Waals surface area contributed by atoms with Crippen molar-refractivity contribution in [1.29, 1.82) is 0 Å². The van der Waals surface area contributed by atoms with Gasteiger partial charge in [0.1, 0.15) is 6.79 Å². The van der Waals surface area contributed by atoms with Crippen molar-refractivity contribution in [2.75, 3.05) is 20.0 Å². The topological polar surface area (TPSA) is 18.5 Å². The van der Waals surface area contributed by atoms with Crippen LogP contribution in [-0.4, -0.2) is 39.3 Å². The van der Waals surface area contributed by atoms with Crippen LogP contribution in [0.3, 0.4) is 0 Å². The van der Waals surface area contributed by atoms with Crippen molar-refractivity contribution in [3.05, 3.63) is 0 Å². The lowest BCUT2D eigenvalue weighted by molar-refractivity contribution is -0.0549. The van der Waals surface area contributed by atoms with Crippen LogP contribution in [0.1, 0.15) is 59.8 Å².